The van der Waals surface area contributed by atoms with Crippen molar-refractivity contribution in [3.63, 3.8) is 0 Å². The number of aryl methyl sites for hydroxylation is 2. The van der Waals surface area contributed by atoms with Crippen LogP contribution in [0.5, 0.6) is 0 Å². The van der Waals surface area contributed by atoms with Gasteiger partial charge < -0.3 is 10.1 Å². The van der Waals surface area contributed by atoms with Crippen LogP contribution in [-0.4, -0.2) is 27.8 Å². The molecule has 0 saturated heterocycles. The number of aromatic nitrogens is 2. The van der Waals surface area contributed by atoms with Crippen LogP contribution in [0.15, 0.2) is 18.3 Å². The van der Waals surface area contributed by atoms with E-state index < -0.39 is 10.9 Å². The van der Waals surface area contributed by atoms with Crippen LogP contribution in [0.1, 0.15) is 27.2 Å². The molecule has 0 unspecified atom stereocenters. The second-order valence-corrected chi connectivity index (χ2v) is 5.17. The molecule has 8 nitrogen and oxygen atoms in total. The quantitative estimate of drug-likeness (QED) is 0.516. The number of anilines is 1. The summed E-state index contributed by atoms with van der Waals surface area (Å²) in [6.07, 6.45) is 1.75. The standard InChI is InChI=1S/C15H18N4O4/c1-9-5-12(16-7-11-8-17-18(3)10(11)2)6-13(15(20)23-4)14(9)19(21)22/h5-6,8,16H,7H2,1-4H3. The molecule has 0 spiro atoms. The minimum absolute atomic E-state index is 0.0668. The summed E-state index contributed by atoms with van der Waals surface area (Å²) in [7, 11) is 3.05. The Morgan fingerprint density at radius 3 is 2.65 bits per heavy atom. The predicted octanol–water partition coefficient (Wildman–Crippen LogP) is 2.34. The van der Waals surface area contributed by atoms with E-state index in [1.165, 1.54) is 13.2 Å². The van der Waals surface area contributed by atoms with Gasteiger partial charge in [-0.2, -0.15) is 5.10 Å². The zero-order chi connectivity index (χ0) is 17.1. The molecule has 0 fully saturated rings. The zero-order valence-corrected chi connectivity index (χ0v) is 13.4. The first-order valence-corrected chi connectivity index (χ1v) is 6.93. The van der Waals surface area contributed by atoms with E-state index in [4.69, 9.17) is 0 Å². The fourth-order valence-corrected chi connectivity index (χ4v) is 2.30. The van der Waals surface area contributed by atoms with Crippen LogP contribution >= 0.6 is 0 Å². The molecule has 0 aliphatic rings. The average Bonchev–Trinajstić information content (AvgIpc) is 2.82. The van der Waals surface area contributed by atoms with Gasteiger partial charge in [0.25, 0.3) is 5.69 Å². The highest BCUT2D eigenvalue weighted by Crippen LogP contribution is 2.28. The Labute approximate surface area is 133 Å². The predicted molar refractivity (Wildman–Crippen MR) is 84.4 cm³/mol. The van der Waals surface area contributed by atoms with E-state index in [2.05, 4.69) is 15.2 Å². The Kier molecular flexibility index (Phi) is 4.63. The molecule has 0 amide bonds. The molecule has 2 aromatic rings. The lowest BCUT2D eigenvalue weighted by Gasteiger charge is -2.10. The van der Waals surface area contributed by atoms with Crippen LogP contribution in [0, 0.1) is 24.0 Å². The lowest BCUT2D eigenvalue weighted by atomic mass is 10.1. The Bertz CT molecular complexity index is 767. The Hall–Kier alpha value is -2.90. The summed E-state index contributed by atoms with van der Waals surface area (Å²) in [4.78, 5) is 22.4. The third-order valence-electron chi connectivity index (χ3n) is 3.71. The molecule has 122 valence electrons. The summed E-state index contributed by atoms with van der Waals surface area (Å²) in [5.41, 5.74) is 2.72. The maximum absolute atomic E-state index is 11.8. The van der Waals surface area contributed by atoms with Crippen LogP contribution in [-0.2, 0) is 18.3 Å². The van der Waals surface area contributed by atoms with E-state index in [0.717, 1.165) is 11.3 Å². The van der Waals surface area contributed by atoms with E-state index in [9.17, 15) is 14.9 Å². The van der Waals surface area contributed by atoms with Gasteiger partial charge in [0.15, 0.2) is 0 Å². The molecule has 0 atom stereocenters. The Balaban J connectivity index is 2.33. The Morgan fingerprint density at radius 1 is 1.43 bits per heavy atom. The number of esters is 1. The maximum atomic E-state index is 11.8. The first-order valence-electron chi connectivity index (χ1n) is 6.93. The smallest absolute Gasteiger partial charge is 0.344 e. The van der Waals surface area contributed by atoms with Crippen molar-refractivity contribution >= 4 is 17.3 Å². The summed E-state index contributed by atoms with van der Waals surface area (Å²) in [5, 5.41) is 18.5. The number of hydrogen-bond acceptors (Lipinski definition) is 6. The number of nitro groups is 1. The number of ether oxygens (including phenoxy) is 1. The summed E-state index contributed by atoms with van der Waals surface area (Å²) in [6, 6.07) is 3.07. The lowest BCUT2D eigenvalue weighted by molar-refractivity contribution is -0.385. The van der Waals surface area contributed by atoms with Gasteiger partial charge in [0.2, 0.25) is 0 Å². The molecule has 8 heteroatoms. The van der Waals surface area contributed by atoms with Gasteiger partial charge in [0, 0.05) is 36.1 Å². The van der Waals surface area contributed by atoms with Gasteiger partial charge in [-0.15, -0.1) is 0 Å². The van der Waals surface area contributed by atoms with Crippen LogP contribution in [0.3, 0.4) is 0 Å². The largest absolute Gasteiger partial charge is 0.465 e. The van der Waals surface area contributed by atoms with Crippen LogP contribution in [0.2, 0.25) is 0 Å². The van der Waals surface area contributed by atoms with E-state index in [1.54, 1.807) is 23.9 Å². The lowest BCUT2D eigenvalue weighted by Crippen LogP contribution is -2.09. The zero-order valence-electron chi connectivity index (χ0n) is 13.4. The van der Waals surface area contributed by atoms with Crippen molar-refractivity contribution < 1.29 is 14.5 Å². The number of nitro benzene ring substituents is 1. The minimum Gasteiger partial charge on any atom is -0.465 e. The molecule has 0 radical (unpaired) electrons. The van der Waals surface area contributed by atoms with Gasteiger partial charge in [-0.25, -0.2) is 4.79 Å². The fourth-order valence-electron chi connectivity index (χ4n) is 2.30. The fraction of sp³-hybridized carbons (Fsp3) is 0.333. The van der Waals surface area contributed by atoms with Crippen LogP contribution in [0.4, 0.5) is 11.4 Å². The highest BCUT2D eigenvalue weighted by molar-refractivity contribution is 5.95. The van der Waals surface area contributed by atoms with Crippen molar-refractivity contribution in [3.05, 3.63) is 50.8 Å². The molecule has 0 saturated carbocycles. The van der Waals surface area contributed by atoms with E-state index in [-0.39, 0.29) is 11.3 Å². The molecule has 2 rings (SSSR count). The number of carbonyl (C=O) groups excluding carboxylic acids is 1. The van der Waals surface area contributed by atoms with Gasteiger partial charge in [0.1, 0.15) is 5.56 Å². The summed E-state index contributed by atoms with van der Waals surface area (Å²) in [5.74, 6) is -0.735. The van der Waals surface area contributed by atoms with Crippen LogP contribution in [0.25, 0.3) is 0 Å². The summed E-state index contributed by atoms with van der Waals surface area (Å²) < 4.78 is 6.40. The monoisotopic (exact) mass is 318 g/mol. The second-order valence-electron chi connectivity index (χ2n) is 5.17. The number of nitrogens with zero attached hydrogens (tertiary/aromatic N) is 3. The molecule has 0 aliphatic heterocycles. The second kappa shape index (κ2) is 6.47. The number of methoxy groups -OCH3 is 1. The number of rotatable bonds is 5. The molecule has 0 aliphatic carbocycles. The summed E-state index contributed by atoms with van der Waals surface area (Å²) >= 11 is 0. The number of benzene rings is 1. The summed E-state index contributed by atoms with van der Waals surface area (Å²) in [6.45, 7) is 4.04. The van der Waals surface area contributed by atoms with Gasteiger partial charge >= 0.3 is 5.97 Å². The van der Waals surface area contributed by atoms with E-state index >= 15 is 0 Å². The molecular formula is C15H18N4O4. The number of hydrogen-bond donors (Lipinski definition) is 1. The van der Waals surface area contributed by atoms with Crippen LogP contribution < -0.4 is 5.32 Å². The van der Waals surface area contributed by atoms with E-state index in [1.807, 2.05) is 14.0 Å². The molecule has 0 bridgehead atoms. The van der Waals surface area contributed by atoms with Gasteiger partial charge in [-0.1, -0.05) is 0 Å². The van der Waals surface area contributed by atoms with Crippen molar-refractivity contribution in [1.29, 1.82) is 0 Å². The van der Waals surface area contributed by atoms with Gasteiger partial charge in [-0.3, -0.25) is 14.8 Å². The van der Waals surface area contributed by atoms with Crippen molar-refractivity contribution in [2.75, 3.05) is 12.4 Å². The van der Waals surface area contributed by atoms with Crippen molar-refractivity contribution in [2.45, 2.75) is 20.4 Å². The molecule has 1 aromatic carbocycles. The average molecular weight is 318 g/mol. The third-order valence-corrected chi connectivity index (χ3v) is 3.71. The number of nitrogens with one attached hydrogen (secondary N) is 1. The van der Waals surface area contributed by atoms with Gasteiger partial charge in [-0.05, 0) is 26.0 Å². The van der Waals surface area contributed by atoms with Crippen molar-refractivity contribution in [3.8, 4) is 0 Å². The molecular weight excluding hydrogens is 300 g/mol. The topological polar surface area (TPSA) is 99.3 Å². The highest BCUT2D eigenvalue weighted by atomic mass is 16.6. The third kappa shape index (κ3) is 3.31. The highest BCUT2D eigenvalue weighted by Gasteiger charge is 2.24. The van der Waals surface area contributed by atoms with E-state index in [0.29, 0.717) is 17.8 Å². The van der Waals surface area contributed by atoms with Crippen molar-refractivity contribution in [1.82, 2.24) is 9.78 Å². The molecule has 1 N–H and O–H groups in total. The number of carbonyl (C=O) groups is 1. The maximum Gasteiger partial charge on any atom is 0.344 e. The van der Waals surface area contributed by atoms with Gasteiger partial charge in [0.05, 0.1) is 18.2 Å². The first kappa shape index (κ1) is 16.5. The normalized spacial score (nSPS) is 10.4. The minimum atomic E-state index is -0.735. The first-order chi connectivity index (χ1) is 10.8. The molecule has 1 heterocycles. The molecule has 1 aromatic heterocycles. The Morgan fingerprint density at radius 2 is 2.13 bits per heavy atom. The SMILES string of the molecule is COC(=O)c1cc(NCc2cnn(C)c2C)cc(C)c1[N+](=O)[O-]. The van der Waals surface area contributed by atoms with Crippen molar-refractivity contribution in [2.24, 2.45) is 7.05 Å². The molecule has 23 heavy (non-hydrogen) atoms.